The van der Waals surface area contributed by atoms with Crippen molar-refractivity contribution >= 4 is 40.1 Å². The number of benzene rings is 2. The average molecular weight is 437 g/mol. The number of hydrazone groups is 1. The van der Waals surface area contributed by atoms with Gasteiger partial charge in [-0.3, -0.25) is 10.1 Å². The van der Waals surface area contributed by atoms with E-state index in [0.29, 0.717) is 27.4 Å². The van der Waals surface area contributed by atoms with E-state index in [1.807, 2.05) is 67.8 Å². The summed E-state index contributed by atoms with van der Waals surface area (Å²) in [4.78, 5) is 17.7. The molecular formula is C22H17ClN4O2S. The molecule has 2 aliphatic heterocycles. The second-order valence-corrected chi connectivity index (χ2v) is 8.14. The molecule has 2 aliphatic rings. The minimum Gasteiger partial charge on any atom is -0.457 e. The lowest BCUT2D eigenvalue weighted by atomic mass is 10.1. The molecular weight excluding hydrogens is 420 g/mol. The fraction of sp³-hybridized carbons (Fsp3) is 0.136. The number of nitrogens with one attached hydrogen (secondary N) is 1. The maximum Gasteiger partial charge on any atom is 0.276 e. The summed E-state index contributed by atoms with van der Waals surface area (Å²) in [6.45, 7) is 1.96. The number of amides is 1. The highest BCUT2D eigenvalue weighted by molar-refractivity contribution is 8.13. The largest absolute Gasteiger partial charge is 0.457 e. The first-order valence-corrected chi connectivity index (χ1v) is 10.9. The quantitative estimate of drug-likeness (QED) is 0.668. The summed E-state index contributed by atoms with van der Waals surface area (Å²) in [5.74, 6) is 1.06. The normalized spacial score (nSPS) is 17.6. The second-order valence-electron chi connectivity index (χ2n) is 6.94. The van der Waals surface area contributed by atoms with Gasteiger partial charge >= 0.3 is 0 Å². The molecule has 3 aromatic rings. The van der Waals surface area contributed by atoms with Gasteiger partial charge < -0.3 is 4.42 Å². The van der Waals surface area contributed by atoms with E-state index >= 15 is 0 Å². The molecule has 150 valence electrons. The van der Waals surface area contributed by atoms with Gasteiger partial charge in [-0.1, -0.05) is 53.7 Å². The summed E-state index contributed by atoms with van der Waals surface area (Å²) in [7, 11) is 0. The monoisotopic (exact) mass is 436 g/mol. The standard InChI is InChI=1S/C22H17ClN4O2S/c1-12-7-8-13(11-15(12)23)17-9-10-18(29-17)20-24-16-6-4-3-5-14(16)19-21(28)25-22(30-2)26-27(19)20/h3-11,20H,1-2H3,(H,25,26,28)/t20-/m1/s1. The molecule has 1 aromatic heterocycles. The van der Waals surface area contributed by atoms with Crippen molar-refractivity contribution in [2.24, 2.45) is 10.1 Å². The maximum absolute atomic E-state index is 12.9. The van der Waals surface area contributed by atoms with Gasteiger partial charge in [-0.15, -0.1) is 5.10 Å². The van der Waals surface area contributed by atoms with Crippen LogP contribution in [0.4, 0.5) is 0 Å². The third kappa shape index (κ3) is 3.11. The molecule has 2 aromatic carbocycles. The molecule has 3 heterocycles. The van der Waals surface area contributed by atoms with Crippen LogP contribution in [-0.2, 0) is 4.79 Å². The van der Waals surface area contributed by atoms with Crippen LogP contribution in [-0.4, -0.2) is 22.3 Å². The van der Waals surface area contributed by atoms with Crippen LogP contribution in [0.2, 0.25) is 5.02 Å². The van der Waals surface area contributed by atoms with Crippen LogP contribution < -0.4 is 15.9 Å². The number of carbonyl (C=O) groups is 1. The van der Waals surface area contributed by atoms with Gasteiger partial charge in [0.05, 0.1) is 5.36 Å². The Balaban J connectivity index is 1.64. The van der Waals surface area contributed by atoms with Gasteiger partial charge in [-0.05, 0) is 43.0 Å². The lowest BCUT2D eigenvalue weighted by Crippen LogP contribution is -2.50. The van der Waals surface area contributed by atoms with E-state index in [-0.39, 0.29) is 5.91 Å². The highest BCUT2D eigenvalue weighted by atomic mass is 35.5. The van der Waals surface area contributed by atoms with Crippen molar-refractivity contribution in [2.75, 3.05) is 6.26 Å². The number of amidine groups is 1. The van der Waals surface area contributed by atoms with Crippen LogP contribution in [0.5, 0.6) is 0 Å². The number of rotatable bonds is 2. The highest BCUT2D eigenvalue weighted by Gasteiger charge is 2.35. The summed E-state index contributed by atoms with van der Waals surface area (Å²) in [6.07, 6.45) is 1.28. The smallest absolute Gasteiger partial charge is 0.276 e. The van der Waals surface area contributed by atoms with Crippen molar-refractivity contribution in [3.05, 3.63) is 81.5 Å². The van der Waals surface area contributed by atoms with E-state index in [1.165, 1.54) is 11.8 Å². The number of aryl methyl sites for hydroxylation is 1. The van der Waals surface area contributed by atoms with Gasteiger partial charge in [0.1, 0.15) is 11.5 Å². The Morgan fingerprint density at radius 1 is 1.17 bits per heavy atom. The Morgan fingerprint density at radius 3 is 2.80 bits per heavy atom. The third-order valence-corrected chi connectivity index (χ3v) is 6.02. The Labute approximate surface area is 181 Å². The number of furan rings is 1. The zero-order valence-corrected chi connectivity index (χ0v) is 17.8. The Bertz CT molecular complexity index is 1330. The van der Waals surface area contributed by atoms with Crippen LogP contribution in [0, 0.1) is 6.92 Å². The fourth-order valence-electron chi connectivity index (χ4n) is 3.50. The minimum atomic E-state index is -0.585. The Morgan fingerprint density at radius 2 is 2.00 bits per heavy atom. The SMILES string of the molecule is CSC1=NN2C(=c3ccccc3=N[C@H]2c2ccc(-c3ccc(C)c(Cl)c3)o2)C(=O)N1. The fourth-order valence-corrected chi connectivity index (χ4v) is 4.04. The van der Waals surface area contributed by atoms with Gasteiger partial charge in [0.2, 0.25) is 6.17 Å². The molecule has 0 spiro atoms. The number of thioether (sulfide) groups is 1. The zero-order valence-electron chi connectivity index (χ0n) is 16.2. The predicted octanol–water partition coefficient (Wildman–Crippen LogP) is 3.41. The lowest BCUT2D eigenvalue weighted by Gasteiger charge is -2.32. The maximum atomic E-state index is 12.9. The number of nitrogens with zero attached hydrogens (tertiary/aromatic N) is 3. The number of halogens is 1. The summed E-state index contributed by atoms with van der Waals surface area (Å²) in [6, 6.07) is 17.1. The summed E-state index contributed by atoms with van der Waals surface area (Å²) >= 11 is 7.64. The number of hydrogen-bond acceptors (Lipinski definition) is 6. The molecule has 1 atom stereocenters. The van der Waals surface area contributed by atoms with Crippen molar-refractivity contribution in [3.8, 4) is 11.3 Å². The third-order valence-electron chi connectivity index (χ3n) is 5.05. The molecule has 0 aliphatic carbocycles. The molecule has 8 heteroatoms. The van der Waals surface area contributed by atoms with Gasteiger partial charge in [0, 0.05) is 15.8 Å². The molecule has 5 rings (SSSR count). The number of fused-ring (bicyclic) bond motifs is 2. The van der Waals surface area contributed by atoms with Crippen molar-refractivity contribution in [3.63, 3.8) is 0 Å². The van der Waals surface area contributed by atoms with Crippen molar-refractivity contribution in [1.29, 1.82) is 0 Å². The molecule has 6 nitrogen and oxygen atoms in total. The second kappa shape index (κ2) is 7.34. The molecule has 0 saturated heterocycles. The summed E-state index contributed by atoms with van der Waals surface area (Å²) < 4.78 is 6.16. The van der Waals surface area contributed by atoms with Crippen molar-refractivity contribution in [2.45, 2.75) is 13.1 Å². The van der Waals surface area contributed by atoms with E-state index in [4.69, 9.17) is 21.0 Å². The van der Waals surface area contributed by atoms with Crippen molar-refractivity contribution in [1.82, 2.24) is 10.3 Å². The summed E-state index contributed by atoms with van der Waals surface area (Å²) in [5, 5.41) is 11.7. The first kappa shape index (κ1) is 19.0. The van der Waals surface area contributed by atoms with Crippen LogP contribution in [0.15, 0.2) is 69.1 Å². The molecule has 0 saturated carbocycles. The number of hydrogen-bond donors (Lipinski definition) is 1. The predicted molar refractivity (Wildman–Crippen MR) is 118 cm³/mol. The van der Waals surface area contributed by atoms with Crippen LogP contribution in [0.25, 0.3) is 17.0 Å². The van der Waals surface area contributed by atoms with Gasteiger partial charge in [-0.2, -0.15) is 0 Å². The van der Waals surface area contributed by atoms with Gasteiger partial charge in [-0.25, -0.2) is 10.0 Å². The van der Waals surface area contributed by atoms with E-state index in [9.17, 15) is 4.79 Å². The summed E-state index contributed by atoms with van der Waals surface area (Å²) in [5.41, 5.74) is 2.34. The van der Waals surface area contributed by atoms with Crippen LogP contribution in [0.3, 0.4) is 0 Å². The molecule has 1 amide bonds. The average Bonchev–Trinajstić information content (AvgIpc) is 3.24. The topological polar surface area (TPSA) is 70.2 Å². The van der Waals surface area contributed by atoms with E-state index in [2.05, 4.69) is 10.4 Å². The van der Waals surface area contributed by atoms with Gasteiger partial charge in [0.25, 0.3) is 5.91 Å². The van der Waals surface area contributed by atoms with Crippen molar-refractivity contribution < 1.29 is 9.21 Å². The molecule has 0 radical (unpaired) electrons. The first-order valence-electron chi connectivity index (χ1n) is 9.32. The van der Waals surface area contributed by atoms with E-state index < -0.39 is 6.17 Å². The molecule has 1 N–H and O–H groups in total. The number of para-hydroxylation sites is 1. The van der Waals surface area contributed by atoms with Gasteiger partial charge in [0.15, 0.2) is 10.9 Å². The van der Waals surface area contributed by atoms with Crippen LogP contribution >= 0.6 is 23.4 Å². The lowest BCUT2D eigenvalue weighted by molar-refractivity contribution is -0.116. The molecule has 0 unspecified atom stereocenters. The number of carbonyl (C=O) groups excluding carboxylic acids is 1. The Kier molecular flexibility index (Phi) is 4.64. The molecule has 30 heavy (non-hydrogen) atoms. The zero-order chi connectivity index (χ0) is 20.8. The molecule has 0 bridgehead atoms. The van der Waals surface area contributed by atoms with E-state index in [1.54, 1.807) is 5.01 Å². The molecule has 0 fully saturated rings. The first-order chi connectivity index (χ1) is 14.5. The minimum absolute atomic E-state index is 0.209. The van der Waals surface area contributed by atoms with Crippen LogP contribution in [0.1, 0.15) is 17.5 Å². The Hall–Kier alpha value is -3.03. The van der Waals surface area contributed by atoms with E-state index in [0.717, 1.165) is 21.7 Å². The highest BCUT2D eigenvalue weighted by Crippen LogP contribution is 2.34.